The maximum absolute atomic E-state index is 12.4. The largest absolute Gasteiger partial charge is 0.352 e. The lowest BCUT2D eigenvalue weighted by molar-refractivity contribution is 0.0704. The lowest BCUT2D eigenvalue weighted by Crippen LogP contribution is -2.49. The molecule has 0 aliphatic carbocycles. The van der Waals surface area contributed by atoms with Crippen LogP contribution in [0, 0.1) is 6.92 Å². The molecule has 0 N–H and O–H groups in total. The first-order valence-corrected chi connectivity index (χ1v) is 7.74. The minimum Gasteiger partial charge on any atom is -0.352 e. The topological polar surface area (TPSA) is 93.2 Å². The number of hydrogen-bond acceptors (Lipinski definition) is 7. The number of hydrogen-bond donors (Lipinski definition) is 0. The van der Waals surface area contributed by atoms with E-state index in [9.17, 15) is 4.79 Å². The highest BCUT2D eigenvalue weighted by Crippen LogP contribution is 2.23. The van der Waals surface area contributed by atoms with Crippen LogP contribution >= 0.6 is 0 Å². The molecule has 0 saturated carbocycles. The van der Waals surface area contributed by atoms with Crippen molar-refractivity contribution in [1.29, 1.82) is 0 Å². The molecule has 9 nitrogen and oxygen atoms in total. The zero-order valence-corrected chi connectivity index (χ0v) is 13.5. The number of nitrogens with zero attached hydrogens (tertiary/aromatic N) is 7. The normalized spacial score (nSPS) is 15.2. The van der Waals surface area contributed by atoms with Crippen molar-refractivity contribution in [3.05, 3.63) is 30.0 Å². The molecule has 0 bridgehead atoms. The molecular formula is C15H17N7O2. The second-order valence-corrected chi connectivity index (χ2v) is 5.81. The molecule has 4 heterocycles. The second kappa shape index (κ2) is 5.59. The average Bonchev–Trinajstić information content (AvgIpc) is 3.21. The predicted molar refractivity (Wildman–Crippen MR) is 85.7 cm³/mol. The predicted octanol–water partition coefficient (Wildman–Crippen LogP) is 0.622. The van der Waals surface area contributed by atoms with Gasteiger partial charge in [0.25, 0.3) is 5.91 Å². The highest BCUT2D eigenvalue weighted by atomic mass is 16.5. The van der Waals surface area contributed by atoms with E-state index in [4.69, 9.17) is 4.52 Å². The van der Waals surface area contributed by atoms with E-state index in [1.807, 2.05) is 7.05 Å². The zero-order chi connectivity index (χ0) is 16.7. The molecule has 1 saturated heterocycles. The summed E-state index contributed by atoms with van der Waals surface area (Å²) in [5.74, 6) is 1.03. The van der Waals surface area contributed by atoms with Gasteiger partial charge in [-0.2, -0.15) is 5.10 Å². The molecule has 24 heavy (non-hydrogen) atoms. The summed E-state index contributed by atoms with van der Waals surface area (Å²) >= 11 is 0. The van der Waals surface area contributed by atoms with Gasteiger partial charge in [-0.05, 0) is 6.92 Å². The minimum atomic E-state index is -0.121. The Morgan fingerprint density at radius 3 is 2.71 bits per heavy atom. The van der Waals surface area contributed by atoms with Crippen LogP contribution in [0.25, 0.3) is 11.0 Å². The number of amides is 1. The Labute approximate surface area is 137 Å². The van der Waals surface area contributed by atoms with Crippen LogP contribution in [0.1, 0.15) is 16.2 Å². The Balaban J connectivity index is 1.50. The van der Waals surface area contributed by atoms with Gasteiger partial charge in [-0.25, -0.2) is 9.97 Å². The molecule has 3 aromatic rings. The smallest absolute Gasteiger partial charge is 0.292 e. The van der Waals surface area contributed by atoms with Gasteiger partial charge < -0.3 is 14.3 Å². The minimum absolute atomic E-state index is 0.121. The lowest BCUT2D eigenvalue weighted by atomic mass is 10.2. The Kier molecular flexibility index (Phi) is 3.40. The van der Waals surface area contributed by atoms with Gasteiger partial charge in [0.15, 0.2) is 5.65 Å². The number of piperazine rings is 1. The first kappa shape index (κ1) is 14.6. The first-order chi connectivity index (χ1) is 11.6. The number of anilines is 1. The van der Waals surface area contributed by atoms with Gasteiger partial charge in [0, 0.05) is 39.3 Å². The van der Waals surface area contributed by atoms with E-state index in [-0.39, 0.29) is 11.7 Å². The Morgan fingerprint density at radius 1 is 1.21 bits per heavy atom. The molecule has 1 fully saturated rings. The van der Waals surface area contributed by atoms with Crippen LogP contribution < -0.4 is 4.90 Å². The maximum Gasteiger partial charge on any atom is 0.292 e. The van der Waals surface area contributed by atoms with Crippen LogP contribution in [0.4, 0.5) is 5.82 Å². The van der Waals surface area contributed by atoms with E-state index in [1.165, 1.54) is 0 Å². The number of rotatable bonds is 2. The standard InChI is InChI=1S/C15H17N7O2/c1-10-7-12(24-19-10)15(23)22-5-3-21(4-6-22)14-11-8-18-20(2)13(11)16-9-17-14/h7-9H,3-6H2,1-2H3. The van der Waals surface area contributed by atoms with Crippen molar-refractivity contribution >= 4 is 22.8 Å². The summed E-state index contributed by atoms with van der Waals surface area (Å²) in [5.41, 5.74) is 1.51. The fourth-order valence-corrected chi connectivity index (χ4v) is 2.94. The van der Waals surface area contributed by atoms with Crippen LogP contribution in [0.5, 0.6) is 0 Å². The van der Waals surface area contributed by atoms with Crippen molar-refractivity contribution in [2.45, 2.75) is 6.92 Å². The van der Waals surface area contributed by atoms with Gasteiger partial charge in [0.1, 0.15) is 12.1 Å². The molecular weight excluding hydrogens is 310 g/mol. The van der Waals surface area contributed by atoms with Crippen LogP contribution in [0.3, 0.4) is 0 Å². The first-order valence-electron chi connectivity index (χ1n) is 7.74. The molecule has 0 unspecified atom stereocenters. The molecule has 124 valence electrons. The van der Waals surface area contributed by atoms with Crippen molar-refractivity contribution in [2.24, 2.45) is 7.05 Å². The summed E-state index contributed by atoms with van der Waals surface area (Å²) in [5, 5.41) is 8.93. The number of carbonyl (C=O) groups excluding carboxylic acids is 1. The van der Waals surface area contributed by atoms with Crippen molar-refractivity contribution in [1.82, 2.24) is 29.8 Å². The van der Waals surface area contributed by atoms with Crippen molar-refractivity contribution in [3.8, 4) is 0 Å². The molecule has 0 atom stereocenters. The molecule has 4 rings (SSSR count). The molecule has 0 radical (unpaired) electrons. The van der Waals surface area contributed by atoms with Gasteiger partial charge in [0.2, 0.25) is 5.76 Å². The van der Waals surface area contributed by atoms with Crippen molar-refractivity contribution in [2.75, 3.05) is 31.1 Å². The maximum atomic E-state index is 12.4. The van der Waals surface area contributed by atoms with E-state index < -0.39 is 0 Å². The van der Waals surface area contributed by atoms with Crippen LogP contribution in [-0.4, -0.2) is 61.9 Å². The SMILES string of the molecule is Cc1cc(C(=O)N2CCN(c3ncnc4c3cnn4C)CC2)on1. The molecule has 1 amide bonds. The van der Waals surface area contributed by atoms with Gasteiger partial charge in [-0.15, -0.1) is 0 Å². The molecule has 1 aliphatic heterocycles. The molecule has 1 aliphatic rings. The number of aromatic nitrogens is 5. The van der Waals surface area contributed by atoms with E-state index in [0.717, 1.165) is 16.9 Å². The summed E-state index contributed by atoms with van der Waals surface area (Å²) in [6, 6.07) is 1.66. The lowest BCUT2D eigenvalue weighted by Gasteiger charge is -2.35. The Hall–Kier alpha value is -2.97. The monoisotopic (exact) mass is 327 g/mol. The van der Waals surface area contributed by atoms with E-state index in [2.05, 4.69) is 25.1 Å². The molecule has 0 spiro atoms. The van der Waals surface area contributed by atoms with Crippen LogP contribution in [0.2, 0.25) is 0 Å². The molecule has 3 aromatic heterocycles. The highest BCUT2D eigenvalue weighted by Gasteiger charge is 2.26. The summed E-state index contributed by atoms with van der Waals surface area (Å²) in [7, 11) is 1.86. The fourth-order valence-electron chi connectivity index (χ4n) is 2.94. The quantitative estimate of drug-likeness (QED) is 0.681. The third-order valence-electron chi connectivity index (χ3n) is 4.21. The van der Waals surface area contributed by atoms with Crippen LogP contribution in [0.15, 0.2) is 23.1 Å². The third-order valence-corrected chi connectivity index (χ3v) is 4.21. The fraction of sp³-hybridized carbons (Fsp3) is 0.400. The van der Waals surface area contributed by atoms with Crippen LogP contribution in [-0.2, 0) is 7.05 Å². The Morgan fingerprint density at radius 2 is 2.00 bits per heavy atom. The highest BCUT2D eigenvalue weighted by molar-refractivity contribution is 5.92. The van der Waals surface area contributed by atoms with Gasteiger partial charge >= 0.3 is 0 Å². The second-order valence-electron chi connectivity index (χ2n) is 5.81. The van der Waals surface area contributed by atoms with Gasteiger partial charge in [-0.1, -0.05) is 5.16 Å². The summed E-state index contributed by atoms with van der Waals surface area (Å²) < 4.78 is 6.79. The molecule has 0 aromatic carbocycles. The summed E-state index contributed by atoms with van der Waals surface area (Å²) in [6.45, 7) is 4.39. The average molecular weight is 327 g/mol. The number of aryl methyl sites for hydroxylation is 2. The zero-order valence-electron chi connectivity index (χ0n) is 13.5. The number of carbonyl (C=O) groups is 1. The van der Waals surface area contributed by atoms with Gasteiger partial charge in [-0.3, -0.25) is 9.48 Å². The van der Waals surface area contributed by atoms with E-state index in [0.29, 0.717) is 31.9 Å². The van der Waals surface area contributed by atoms with E-state index >= 15 is 0 Å². The van der Waals surface area contributed by atoms with E-state index in [1.54, 1.807) is 35.1 Å². The third kappa shape index (κ3) is 2.38. The number of fused-ring (bicyclic) bond motifs is 1. The Bertz CT molecular complexity index is 892. The van der Waals surface area contributed by atoms with Gasteiger partial charge in [0.05, 0.1) is 17.3 Å². The summed E-state index contributed by atoms with van der Waals surface area (Å²) in [4.78, 5) is 25.0. The molecule has 9 heteroatoms. The summed E-state index contributed by atoms with van der Waals surface area (Å²) in [6.07, 6.45) is 3.33. The van der Waals surface area contributed by atoms with Crippen molar-refractivity contribution in [3.63, 3.8) is 0 Å². The van der Waals surface area contributed by atoms with Crippen molar-refractivity contribution < 1.29 is 9.32 Å².